The van der Waals surface area contributed by atoms with Crippen LogP contribution in [0.2, 0.25) is 0 Å². The molecule has 0 amide bonds. The van der Waals surface area contributed by atoms with Crippen LogP contribution in [0.15, 0.2) is 115 Å². The highest BCUT2D eigenvalue weighted by molar-refractivity contribution is 6.31. The second-order valence-electron chi connectivity index (χ2n) is 8.80. The molecule has 3 unspecified atom stereocenters. The number of ether oxygens (including phenoxy) is 2. The average molecular weight is 511 g/mol. The molecule has 4 aromatic carbocycles. The van der Waals surface area contributed by atoms with Gasteiger partial charge < -0.3 is 24.1 Å². The van der Waals surface area contributed by atoms with Gasteiger partial charge in [-0.2, -0.15) is 0 Å². The third-order valence-corrected chi connectivity index (χ3v) is 7.66. The lowest BCUT2D eigenvalue weighted by Crippen LogP contribution is -2.62. The molecule has 4 aromatic rings. The summed E-state index contributed by atoms with van der Waals surface area (Å²) in [6.07, 6.45) is -1.80. The van der Waals surface area contributed by atoms with E-state index in [4.69, 9.17) is 13.9 Å². The molecular weight excluding hydrogens is 484 g/mol. The highest BCUT2D eigenvalue weighted by Gasteiger charge is 2.61. The van der Waals surface area contributed by atoms with Crippen molar-refractivity contribution in [3.05, 3.63) is 138 Å². The number of carbonyl (C=O) groups excluding carboxylic acids is 1. The van der Waals surface area contributed by atoms with Crippen molar-refractivity contribution in [1.29, 1.82) is 0 Å². The predicted molar refractivity (Wildman–Crippen MR) is 138 cm³/mol. The molecule has 37 heavy (non-hydrogen) atoms. The lowest BCUT2D eigenvalue weighted by atomic mass is 9.86. The van der Waals surface area contributed by atoms with Crippen molar-refractivity contribution < 1.29 is 28.9 Å². The van der Waals surface area contributed by atoms with E-state index >= 15 is 0 Å². The quantitative estimate of drug-likeness (QED) is 0.217. The molecule has 6 nitrogen and oxygen atoms in total. The van der Waals surface area contributed by atoms with Crippen LogP contribution in [0.25, 0.3) is 0 Å². The number of rotatable bonds is 7. The van der Waals surface area contributed by atoms with E-state index in [2.05, 4.69) is 0 Å². The van der Waals surface area contributed by atoms with Crippen LogP contribution in [0.5, 0.6) is 5.75 Å². The van der Waals surface area contributed by atoms with E-state index in [9.17, 15) is 15.0 Å². The minimum atomic E-state index is -2.41. The van der Waals surface area contributed by atoms with E-state index in [1.54, 1.807) is 48.5 Å². The normalized spacial score (nSPS) is 22.6. The van der Waals surface area contributed by atoms with Gasteiger partial charge >= 0.3 is 5.97 Å². The summed E-state index contributed by atoms with van der Waals surface area (Å²) in [6.45, 7) is 1.18. The largest absolute Gasteiger partial charge is 0.455 e. The number of carbonyl (C=O) groups is 1. The van der Waals surface area contributed by atoms with Gasteiger partial charge in [0.25, 0.3) is 11.6 Å². The SMILES string of the molecule is CC(=O)OC1(O)c2ccccc2OC(O[Si]C(c2ccccc2)c2ccccc2)(c2ccccc2)C1O. The summed E-state index contributed by atoms with van der Waals surface area (Å²) in [7, 11) is -0.236. The van der Waals surface area contributed by atoms with Crippen molar-refractivity contribution in [2.75, 3.05) is 0 Å². The Balaban J connectivity index is 1.62. The number of aliphatic hydroxyl groups excluding tert-OH is 1. The highest BCUT2D eigenvalue weighted by atomic mass is 28.2. The standard InChI is InChI=1S/C30H26O6Si/c1-21(31)34-29(33)25-19-11-12-20-26(25)35-30(28(29)32,24-17-9-4-10-18-24)36-37-27(22-13-5-2-6-14-22)23-15-7-3-8-16-23/h2-20,27-28,32-33H,1H3. The van der Waals surface area contributed by atoms with Gasteiger partial charge in [-0.05, 0) is 23.3 Å². The zero-order valence-electron chi connectivity index (χ0n) is 20.2. The summed E-state index contributed by atoms with van der Waals surface area (Å²) in [4.78, 5) is 12.1. The van der Waals surface area contributed by atoms with E-state index in [1.807, 2.05) is 66.7 Å². The molecule has 1 aliphatic heterocycles. The van der Waals surface area contributed by atoms with Gasteiger partial charge in [0, 0.05) is 18.0 Å². The monoisotopic (exact) mass is 510 g/mol. The van der Waals surface area contributed by atoms with E-state index in [1.165, 1.54) is 6.92 Å². The summed E-state index contributed by atoms with van der Waals surface area (Å²) < 4.78 is 18.4. The average Bonchev–Trinajstić information content (AvgIpc) is 2.93. The maximum Gasteiger partial charge on any atom is 0.305 e. The Bertz CT molecular complexity index is 1310. The zero-order valence-corrected chi connectivity index (χ0v) is 21.2. The summed E-state index contributed by atoms with van der Waals surface area (Å²) in [5.74, 6) is -4.80. The van der Waals surface area contributed by atoms with Gasteiger partial charge in [-0.1, -0.05) is 103 Å². The van der Waals surface area contributed by atoms with Gasteiger partial charge in [-0.15, -0.1) is 0 Å². The molecule has 5 rings (SSSR count). The number of benzene rings is 4. The maximum absolute atomic E-state index is 12.1. The van der Waals surface area contributed by atoms with Gasteiger partial charge in [-0.3, -0.25) is 4.79 Å². The number of aliphatic hydroxyl groups is 2. The smallest absolute Gasteiger partial charge is 0.305 e. The molecule has 0 spiro atoms. The summed E-state index contributed by atoms with van der Waals surface area (Å²) in [6, 6.07) is 35.3. The van der Waals surface area contributed by atoms with E-state index in [0.717, 1.165) is 11.1 Å². The first kappa shape index (κ1) is 24.9. The van der Waals surface area contributed by atoms with Crippen molar-refractivity contribution in [1.82, 2.24) is 0 Å². The Morgan fingerprint density at radius 1 is 0.838 bits per heavy atom. The fraction of sp³-hybridized carbons (Fsp3) is 0.167. The Morgan fingerprint density at radius 2 is 1.35 bits per heavy atom. The van der Waals surface area contributed by atoms with Crippen molar-refractivity contribution in [3.8, 4) is 5.75 Å². The van der Waals surface area contributed by atoms with Crippen LogP contribution in [-0.2, 0) is 25.5 Å². The first-order valence-corrected chi connectivity index (χ1v) is 12.9. The number of para-hydroxylation sites is 1. The molecule has 3 atom stereocenters. The Labute approximate surface area is 218 Å². The molecule has 2 N–H and O–H groups in total. The fourth-order valence-corrected chi connectivity index (χ4v) is 5.82. The van der Waals surface area contributed by atoms with Gasteiger partial charge in [0.2, 0.25) is 9.76 Å². The molecule has 7 heteroatoms. The van der Waals surface area contributed by atoms with Crippen LogP contribution in [0.4, 0.5) is 0 Å². The predicted octanol–water partition coefficient (Wildman–Crippen LogP) is 4.43. The number of hydrogen-bond donors (Lipinski definition) is 2. The molecular formula is C30H26O6Si. The van der Waals surface area contributed by atoms with Gasteiger partial charge in [-0.25, -0.2) is 0 Å². The maximum atomic E-state index is 12.1. The lowest BCUT2D eigenvalue weighted by Gasteiger charge is -2.48. The molecule has 1 aliphatic rings. The molecule has 186 valence electrons. The molecule has 0 saturated carbocycles. The first-order valence-electron chi connectivity index (χ1n) is 11.9. The van der Waals surface area contributed by atoms with E-state index < -0.39 is 23.6 Å². The first-order chi connectivity index (χ1) is 17.9. The van der Waals surface area contributed by atoms with Crippen molar-refractivity contribution in [3.63, 3.8) is 0 Å². The molecule has 0 aliphatic carbocycles. The van der Waals surface area contributed by atoms with E-state index in [-0.39, 0.29) is 26.6 Å². The Hall–Kier alpha value is -3.75. The van der Waals surface area contributed by atoms with Crippen molar-refractivity contribution in [2.45, 2.75) is 30.1 Å². The molecule has 0 fully saturated rings. The third-order valence-electron chi connectivity index (χ3n) is 6.33. The van der Waals surface area contributed by atoms with Crippen molar-refractivity contribution in [2.24, 2.45) is 0 Å². The second kappa shape index (κ2) is 10.3. The van der Waals surface area contributed by atoms with Gasteiger partial charge in [0.1, 0.15) is 5.75 Å². The Kier molecular flexibility index (Phi) is 6.95. The van der Waals surface area contributed by atoms with Crippen LogP contribution in [-0.4, -0.2) is 32.0 Å². The van der Waals surface area contributed by atoms with E-state index in [0.29, 0.717) is 5.56 Å². The number of fused-ring (bicyclic) bond motifs is 1. The minimum Gasteiger partial charge on any atom is -0.455 e. The summed E-state index contributed by atoms with van der Waals surface area (Å²) in [5.41, 5.74) is 2.47. The van der Waals surface area contributed by atoms with Crippen LogP contribution in [0.1, 0.15) is 34.7 Å². The highest BCUT2D eigenvalue weighted by Crippen LogP contribution is 2.49. The van der Waals surface area contributed by atoms with Gasteiger partial charge in [0.15, 0.2) is 6.10 Å². The van der Waals surface area contributed by atoms with Crippen LogP contribution >= 0.6 is 0 Å². The lowest BCUT2D eigenvalue weighted by molar-refractivity contribution is -0.336. The van der Waals surface area contributed by atoms with Crippen LogP contribution in [0.3, 0.4) is 0 Å². The molecule has 0 saturated heterocycles. The summed E-state index contributed by atoms with van der Waals surface area (Å²) in [5, 5.41) is 23.5. The topological polar surface area (TPSA) is 85.2 Å². The number of esters is 1. The van der Waals surface area contributed by atoms with Gasteiger partial charge in [0.05, 0.1) is 5.56 Å². The molecule has 2 radical (unpaired) electrons. The molecule has 0 bridgehead atoms. The summed E-state index contributed by atoms with van der Waals surface area (Å²) >= 11 is 0. The second-order valence-corrected chi connectivity index (χ2v) is 9.82. The fourth-order valence-electron chi connectivity index (χ4n) is 4.59. The molecule has 1 heterocycles. The number of hydrogen-bond acceptors (Lipinski definition) is 6. The van der Waals surface area contributed by atoms with Crippen molar-refractivity contribution >= 4 is 15.7 Å². The van der Waals surface area contributed by atoms with Crippen LogP contribution < -0.4 is 4.74 Å². The molecule has 0 aromatic heterocycles. The van der Waals surface area contributed by atoms with Crippen LogP contribution in [0, 0.1) is 0 Å². The minimum absolute atomic E-state index is 0.138. The zero-order chi connectivity index (χ0) is 25.9. The third kappa shape index (κ3) is 4.70. The Morgan fingerprint density at radius 3 is 1.92 bits per heavy atom.